The minimum atomic E-state index is 0.209. The first-order chi connectivity index (χ1) is 13.8. The molecule has 0 N–H and O–H groups in total. The van der Waals surface area contributed by atoms with Crippen LogP contribution in [0.5, 0.6) is 5.75 Å². The second-order valence-electron chi connectivity index (χ2n) is 7.30. The second kappa shape index (κ2) is 6.16. The SMILES string of the molecule is Cc1ccc(N2c3ccccc3[Se]c3c2oc2ccccc32)c2c1CCCO2. The van der Waals surface area contributed by atoms with Crippen LogP contribution in [0.4, 0.5) is 17.3 Å². The molecule has 4 heteroatoms. The molecule has 4 aromatic rings. The number of fused-ring (bicyclic) bond motifs is 5. The molecule has 0 bridgehead atoms. The summed E-state index contributed by atoms with van der Waals surface area (Å²) in [6, 6.07) is 21.5. The van der Waals surface area contributed by atoms with Crippen molar-refractivity contribution in [3.05, 3.63) is 71.8 Å². The number of benzene rings is 3. The van der Waals surface area contributed by atoms with Crippen molar-refractivity contribution in [3.63, 3.8) is 0 Å². The first-order valence-corrected chi connectivity index (χ1v) is 11.4. The number of hydrogen-bond donors (Lipinski definition) is 0. The number of rotatable bonds is 1. The van der Waals surface area contributed by atoms with Gasteiger partial charge in [-0.3, -0.25) is 0 Å². The van der Waals surface area contributed by atoms with Crippen LogP contribution < -0.4 is 18.6 Å². The summed E-state index contributed by atoms with van der Waals surface area (Å²) in [4.78, 5) is 2.28. The molecule has 3 heterocycles. The number of hydrogen-bond acceptors (Lipinski definition) is 3. The zero-order valence-corrected chi connectivity index (χ0v) is 17.3. The van der Waals surface area contributed by atoms with Gasteiger partial charge in [-0.15, -0.1) is 0 Å². The number of aryl methyl sites for hydroxylation is 1. The molecule has 0 aliphatic carbocycles. The quantitative estimate of drug-likeness (QED) is 0.365. The predicted octanol–water partition coefficient (Wildman–Crippen LogP) is 4.50. The van der Waals surface area contributed by atoms with Gasteiger partial charge in [0.1, 0.15) is 0 Å². The van der Waals surface area contributed by atoms with Gasteiger partial charge in [-0.1, -0.05) is 0 Å². The molecule has 28 heavy (non-hydrogen) atoms. The van der Waals surface area contributed by atoms with Gasteiger partial charge in [0.2, 0.25) is 0 Å². The van der Waals surface area contributed by atoms with Gasteiger partial charge < -0.3 is 0 Å². The Hall–Kier alpha value is -2.68. The van der Waals surface area contributed by atoms with E-state index in [0.29, 0.717) is 0 Å². The van der Waals surface area contributed by atoms with E-state index in [-0.39, 0.29) is 15.0 Å². The molecule has 0 atom stereocenters. The Kier molecular flexibility index (Phi) is 3.59. The number of anilines is 3. The Morgan fingerprint density at radius 1 is 0.929 bits per heavy atom. The van der Waals surface area contributed by atoms with E-state index in [1.54, 1.807) is 0 Å². The van der Waals surface area contributed by atoms with Crippen molar-refractivity contribution in [1.29, 1.82) is 0 Å². The zero-order valence-electron chi connectivity index (χ0n) is 15.6. The van der Waals surface area contributed by atoms with Crippen LogP contribution in [0.15, 0.2) is 65.1 Å². The third kappa shape index (κ3) is 2.28. The summed E-state index contributed by atoms with van der Waals surface area (Å²) < 4.78 is 15.3. The summed E-state index contributed by atoms with van der Waals surface area (Å²) in [5.74, 6) is 1.96. The fourth-order valence-electron chi connectivity index (χ4n) is 4.23. The summed E-state index contributed by atoms with van der Waals surface area (Å²) in [6.07, 6.45) is 2.15. The van der Waals surface area contributed by atoms with E-state index in [4.69, 9.17) is 9.15 Å². The van der Waals surface area contributed by atoms with Crippen LogP contribution in [0, 0.1) is 6.92 Å². The second-order valence-corrected chi connectivity index (χ2v) is 9.51. The molecular weight excluding hydrogens is 413 g/mol. The summed E-state index contributed by atoms with van der Waals surface area (Å²) in [6.45, 7) is 2.95. The molecule has 0 saturated heterocycles. The topological polar surface area (TPSA) is 25.6 Å². The molecule has 0 saturated carbocycles. The van der Waals surface area contributed by atoms with Crippen molar-refractivity contribution in [2.75, 3.05) is 11.5 Å². The van der Waals surface area contributed by atoms with Gasteiger partial charge >= 0.3 is 170 Å². The van der Waals surface area contributed by atoms with Gasteiger partial charge in [-0.25, -0.2) is 0 Å². The van der Waals surface area contributed by atoms with Crippen LogP contribution in [-0.4, -0.2) is 21.6 Å². The number of furan rings is 1. The molecule has 0 spiro atoms. The van der Waals surface area contributed by atoms with Gasteiger partial charge in [-0.2, -0.15) is 0 Å². The van der Waals surface area contributed by atoms with Gasteiger partial charge in [0.05, 0.1) is 0 Å². The van der Waals surface area contributed by atoms with Crippen LogP contribution in [-0.2, 0) is 6.42 Å². The maximum atomic E-state index is 6.42. The predicted molar refractivity (Wildman–Crippen MR) is 114 cm³/mol. The fraction of sp³-hybridized carbons (Fsp3) is 0.167. The van der Waals surface area contributed by atoms with Crippen LogP contribution >= 0.6 is 0 Å². The van der Waals surface area contributed by atoms with E-state index in [1.165, 1.54) is 31.1 Å². The summed E-state index contributed by atoms with van der Waals surface area (Å²) in [7, 11) is 0. The van der Waals surface area contributed by atoms with E-state index in [9.17, 15) is 0 Å². The third-order valence-electron chi connectivity index (χ3n) is 5.59. The zero-order chi connectivity index (χ0) is 18.7. The molecule has 0 amide bonds. The van der Waals surface area contributed by atoms with Crippen LogP contribution in [0.25, 0.3) is 11.0 Å². The van der Waals surface area contributed by atoms with Gasteiger partial charge in [0.15, 0.2) is 0 Å². The molecule has 1 aromatic heterocycles. The standard InChI is InChI=1S/C24H19NO2Se/c1-15-12-13-19(22-16(15)8-6-14-26-22)25-18-9-3-5-11-21(18)28-23-17-7-2-4-10-20(17)27-24(23)25/h2-5,7,9-13H,6,8,14H2,1H3. The summed E-state index contributed by atoms with van der Waals surface area (Å²) in [5.41, 5.74) is 5.87. The molecule has 3 aromatic carbocycles. The van der Waals surface area contributed by atoms with Crippen molar-refractivity contribution in [2.45, 2.75) is 19.8 Å². The van der Waals surface area contributed by atoms with Crippen molar-refractivity contribution in [1.82, 2.24) is 0 Å². The normalized spacial score (nSPS) is 15.0. The number of ether oxygens (including phenoxy) is 1. The molecule has 2 aliphatic rings. The van der Waals surface area contributed by atoms with Crippen molar-refractivity contribution < 1.29 is 9.15 Å². The average molecular weight is 432 g/mol. The number of nitrogens with zero attached hydrogens (tertiary/aromatic N) is 1. The van der Waals surface area contributed by atoms with E-state index in [0.717, 1.165) is 42.4 Å². The van der Waals surface area contributed by atoms with Crippen LogP contribution in [0.2, 0.25) is 0 Å². The van der Waals surface area contributed by atoms with E-state index in [2.05, 4.69) is 66.4 Å². The Morgan fingerprint density at radius 3 is 2.75 bits per heavy atom. The Labute approximate surface area is 170 Å². The molecule has 138 valence electrons. The summed E-state index contributed by atoms with van der Waals surface area (Å²) in [5, 5.41) is 1.22. The van der Waals surface area contributed by atoms with Gasteiger partial charge in [-0.05, 0) is 0 Å². The third-order valence-corrected chi connectivity index (χ3v) is 8.03. The first kappa shape index (κ1) is 16.3. The van der Waals surface area contributed by atoms with Crippen LogP contribution in [0.1, 0.15) is 17.5 Å². The monoisotopic (exact) mass is 433 g/mol. The number of para-hydroxylation sites is 2. The Morgan fingerprint density at radius 2 is 1.79 bits per heavy atom. The fourth-order valence-corrected chi connectivity index (χ4v) is 6.60. The Bertz CT molecular complexity index is 1230. The molecular formula is C24H19NO2Se. The molecule has 2 aliphatic heterocycles. The van der Waals surface area contributed by atoms with E-state index in [1.807, 2.05) is 6.07 Å². The van der Waals surface area contributed by atoms with Crippen molar-refractivity contribution in [2.24, 2.45) is 0 Å². The molecule has 6 rings (SSSR count). The maximum absolute atomic E-state index is 6.42. The van der Waals surface area contributed by atoms with Gasteiger partial charge in [0, 0.05) is 0 Å². The molecule has 0 fully saturated rings. The van der Waals surface area contributed by atoms with Crippen molar-refractivity contribution in [3.8, 4) is 5.75 Å². The van der Waals surface area contributed by atoms with Gasteiger partial charge in [0.25, 0.3) is 0 Å². The van der Waals surface area contributed by atoms with E-state index >= 15 is 0 Å². The minimum absolute atomic E-state index is 0.209. The van der Waals surface area contributed by atoms with Crippen LogP contribution in [0.3, 0.4) is 0 Å². The first-order valence-electron chi connectivity index (χ1n) is 9.65. The summed E-state index contributed by atoms with van der Waals surface area (Å²) >= 11 is 0.209. The van der Waals surface area contributed by atoms with Crippen molar-refractivity contribution >= 4 is 52.1 Å². The molecule has 0 unspecified atom stereocenters. The van der Waals surface area contributed by atoms with E-state index < -0.39 is 0 Å². The molecule has 0 radical (unpaired) electrons. The Balaban J connectivity index is 1.66. The molecule has 3 nitrogen and oxygen atoms in total. The average Bonchev–Trinajstić information content (AvgIpc) is 3.11.